The smallest absolute Gasteiger partial charge is 0.119 e. The molecule has 2 heteroatoms. The molecule has 1 atom stereocenters. The Morgan fingerprint density at radius 3 is 2.71 bits per heavy atom. The summed E-state index contributed by atoms with van der Waals surface area (Å²) in [6.07, 6.45) is 4.66. The number of hydrogen-bond acceptors (Lipinski definition) is 2. The van der Waals surface area contributed by atoms with E-state index in [1.165, 1.54) is 29.5 Å². The molecule has 0 radical (unpaired) electrons. The molecule has 1 heterocycles. The van der Waals surface area contributed by atoms with Crippen LogP contribution < -0.4 is 5.32 Å². The molecule has 0 saturated carbocycles. The standard InChI is InChI=1S/C12H15NO/c14-12-5-4-9(11-6-7-13-11)8-2-1-3-10(8)12/h4-5,11,13-14H,1-3,6-7H2/t11-/m0/s1. The molecule has 0 amide bonds. The first-order valence-corrected chi connectivity index (χ1v) is 5.43. The van der Waals surface area contributed by atoms with Gasteiger partial charge in [0, 0.05) is 6.04 Å². The van der Waals surface area contributed by atoms with E-state index in [-0.39, 0.29) is 0 Å². The van der Waals surface area contributed by atoms with Crippen LogP contribution in [0.2, 0.25) is 0 Å². The third kappa shape index (κ3) is 1.07. The average molecular weight is 189 g/mol. The molecule has 1 aromatic rings. The first-order chi connectivity index (χ1) is 6.86. The second kappa shape index (κ2) is 2.99. The van der Waals surface area contributed by atoms with E-state index < -0.39 is 0 Å². The van der Waals surface area contributed by atoms with Gasteiger partial charge in [-0.1, -0.05) is 6.07 Å². The SMILES string of the molecule is Oc1ccc([C@@H]2CCN2)c2c1CCC2. The number of nitrogens with one attached hydrogen (secondary N) is 1. The van der Waals surface area contributed by atoms with E-state index in [2.05, 4.69) is 11.4 Å². The summed E-state index contributed by atoms with van der Waals surface area (Å²) in [5.41, 5.74) is 4.06. The molecule has 1 aliphatic heterocycles. The van der Waals surface area contributed by atoms with Gasteiger partial charge in [-0.05, 0) is 55.0 Å². The maximum atomic E-state index is 9.71. The Hall–Kier alpha value is -1.02. The topological polar surface area (TPSA) is 32.3 Å². The molecule has 0 bridgehead atoms. The van der Waals surface area contributed by atoms with Gasteiger partial charge in [0.25, 0.3) is 0 Å². The van der Waals surface area contributed by atoms with E-state index in [9.17, 15) is 5.11 Å². The fraction of sp³-hybridized carbons (Fsp3) is 0.500. The van der Waals surface area contributed by atoms with Crippen LogP contribution in [0.25, 0.3) is 0 Å². The molecule has 2 N–H and O–H groups in total. The molecule has 3 rings (SSSR count). The second-order valence-corrected chi connectivity index (χ2v) is 4.28. The van der Waals surface area contributed by atoms with Gasteiger partial charge in [-0.15, -0.1) is 0 Å². The molecule has 2 aliphatic rings. The summed E-state index contributed by atoms with van der Waals surface area (Å²) < 4.78 is 0. The van der Waals surface area contributed by atoms with E-state index in [1.807, 2.05) is 6.07 Å². The summed E-state index contributed by atoms with van der Waals surface area (Å²) in [5, 5.41) is 13.1. The molecule has 14 heavy (non-hydrogen) atoms. The van der Waals surface area contributed by atoms with Crippen molar-refractivity contribution < 1.29 is 5.11 Å². The van der Waals surface area contributed by atoms with Crippen LogP contribution >= 0.6 is 0 Å². The lowest BCUT2D eigenvalue weighted by Crippen LogP contribution is -2.35. The minimum Gasteiger partial charge on any atom is -0.508 e. The lowest BCUT2D eigenvalue weighted by Gasteiger charge is -2.30. The molecule has 2 nitrogen and oxygen atoms in total. The van der Waals surface area contributed by atoms with Crippen molar-refractivity contribution in [2.75, 3.05) is 6.54 Å². The van der Waals surface area contributed by atoms with Gasteiger partial charge in [0.05, 0.1) is 0 Å². The lowest BCUT2D eigenvalue weighted by molar-refractivity contribution is 0.380. The van der Waals surface area contributed by atoms with Crippen molar-refractivity contribution in [1.29, 1.82) is 0 Å². The monoisotopic (exact) mass is 189 g/mol. The zero-order valence-electron chi connectivity index (χ0n) is 8.21. The summed E-state index contributed by atoms with van der Waals surface area (Å²) in [6.45, 7) is 1.14. The van der Waals surface area contributed by atoms with Gasteiger partial charge in [0.2, 0.25) is 0 Å². The van der Waals surface area contributed by atoms with E-state index in [0.29, 0.717) is 11.8 Å². The molecule has 1 saturated heterocycles. The zero-order valence-corrected chi connectivity index (χ0v) is 8.21. The predicted octanol–water partition coefficient (Wildman–Crippen LogP) is 1.92. The van der Waals surface area contributed by atoms with E-state index in [1.54, 1.807) is 0 Å². The van der Waals surface area contributed by atoms with Crippen molar-refractivity contribution in [2.45, 2.75) is 31.7 Å². The number of fused-ring (bicyclic) bond motifs is 1. The van der Waals surface area contributed by atoms with Crippen LogP contribution in [0.5, 0.6) is 5.75 Å². The van der Waals surface area contributed by atoms with Gasteiger partial charge in [-0.25, -0.2) is 0 Å². The number of benzene rings is 1. The fourth-order valence-corrected chi connectivity index (χ4v) is 2.60. The van der Waals surface area contributed by atoms with Crippen molar-refractivity contribution in [3.05, 3.63) is 28.8 Å². The van der Waals surface area contributed by atoms with Gasteiger partial charge >= 0.3 is 0 Å². The Morgan fingerprint density at radius 1 is 1.21 bits per heavy atom. The van der Waals surface area contributed by atoms with Crippen LogP contribution in [-0.4, -0.2) is 11.7 Å². The van der Waals surface area contributed by atoms with E-state index >= 15 is 0 Å². The first-order valence-electron chi connectivity index (χ1n) is 5.43. The van der Waals surface area contributed by atoms with Crippen molar-refractivity contribution >= 4 is 0 Å². The largest absolute Gasteiger partial charge is 0.508 e. The maximum Gasteiger partial charge on any atom is 0.119 e. The van der Waals surface area contributed by atoms with Gasteiger partial charge in [-0.3, -0.25) is 0 Å². The molecule has 1 aliphatic carbocycles. The molecule has 1 fully saturated rings. The summed E-state index contributed by atoms with van der Waals surface area (Å²) in [7, 11) is 0. The number of aromatic hydroxyl groups is 1. The third-order valence-electron chi connectivity index (χ3n) is 3.50. The molecule has 74 valence electrons. The normalized spacial score (nSPS) is 24.4. The molecule has 0 unspecified atom stereocenters. The van der Waals surface area contributed by atoms with Crippen LogP contribution in [0.4, 0.5) is 0 Å². The van der Waals surface area contributed by atoms with Gasteiger partial charge in [0.1, 0.15) is 5.75 Å². The van der Waals surface area contributed by atoms with Crippen molar-refractivity contribution in [3.63, 3.8) is 0 Å². The summed E-state index contributed by atoms with van der Waals surface area (Å²) >= 11 is 0. The second-order valence-electron chi connectivity index (χ2n) is 4.28. The van der Waals surface area contributed by atoms with Crippen molar-refractivity contribution in [2.24, 2.45) is 0 Å². The van der Waals surface area contributed by atoms with Gasteiger partial charge in [0.15, 0.2) is 0 Å². The van der Waals surface area contributed by atoms with E-state index in [0.717, 1.165) is 19.4 Å². The first kappa shape index (κ1) is 8.30. The minimum absolute atomic E-state index is 0.501. The highest BCUT2D eigenvalue weighted by Gasteiger charge is 2.25. The van der Waals surface area contributed by atoms with Crippen molar-refractivity contribution in [1.82, 2.24) is 5.32 Å². The Balaban J connectivity index is 2.08. The Kier molecular flexibility index (Phi) is 1.77. The van der Waals surface area contributed by atoms with Crippen LogP contribution in [0.15, 0.2) is 12.1 Å². The summed E-state index contributed by atoms with van der Waals surface area (Å²) in [5.74, 6) is 0.501. The van der Waals surface area contributed by atoms with Crippen LogP contribution in [0, 0.1) is 0 Å². The van der Waals surface area contributed by atoms with Crippen molar-refractivity contribution in [3.8, 4) is 5.75 Å². The van der Waals surface area contributed by atoms with Crippen LogP contribution in [0.3, 0.4) is 0 Å². The number of rotatable bonds is 1. The molecule has 1 aromatic carbocycles. The molecular formula is C12H15NO. The summed E-state index contributed by atoms with van der Waals surface area (Å²) in [4.78, 5) is 0. The molecular weight excluding hydrogens is 174 g/mol. The quantitative estimate of drug-likeness (QED) is 0.707. The Morgan fingerprint density at radius 2 is 2.00 bits per heavy atom. The number of phenols is 1. The highest BCUT2D eigenvalue weighted by atomic mass is 16.3. The Labute approximate surface area is 84.0 Å². The maximum absolute atomic E-state index is 9.71. The number of hydrogen-bond donors (Lipinski definition) is 2. The fourth-order valence-electron chi connectivity index (χ4n) is 2.60. The molecule has 0 spiro atoms. The lowest BCUT2D eigenvalue weighted by atomic mass is 9.91. The van der Waals surface area contributed by atoms with Crippen LogP contribution in [-0.2, 0) is 12.8 Å². The highest BCUT2D eigenvalue weighted by Crippen LogP contribution is 2.37. The average Bonchev–Trinajstić information content (AvgIpc) is 2.55. The van der Waals surface area contributed by atoms with Crippen LogP contribution in [0.1, 0.15) is 35.6 Å². The zero-order chi connectivity index (χ0) is 9.54. The summed E-state index contributed by atoms with van der Waals surface area (Å²) in [6, 6.07) is 4.51. The minimum atomic E-state index is 0.501. The van der Waals surface area contributed by atoms with Gasteiger partial charge < -0.3 is 10.4 Å². The van der Waals surface area contributed by atoms with Gasteiger partial charge in [-0.2, -0.15) is 0 Å². The Bertz CT molecular complexity index is 369. The number of phenolic OH excluding ortho intramolecular Hbond substituents is 1. The van der Waals surface area contributed by atoms with E-state index in [4.69, 9.17) is 0 Å². The third-order valence-corrected chi connectivity index (χ3v) is 3.50. The molecule has 0 aromatic heterocycles. The predicted molar refractivity (Wildman–Crippen MR) is 55.5 cm³/mol. The highest BCUT2D eigenvalue weighted by molar-refractivity contribution is 5.48.